The maximum atomic E-state index is 13.1. The number of hydrogen-bond acceptors (Lipinski definition) is 2. The zero-order chi connectivity index (χ0) is 17.6. The second-order valence-corrected chi connectivity index (χ2v) is 5.69. The van der Waals surface area contributed by atoms with Gasteiger partial charge in [-0.2, -0.15) is 0 Å². The summed E-state index contributed by atoms with van der Waals surface area (Å²) in [5, 5.41) is 2.70. The van der Waals surface area contributed by atoms with Gasteiger partial charge in [-0.15, -0.1) is 12.3 Å². The van der Waals surface area contributed by atoms with Gasteiger partial charge in [0.2, 0.25) is 11.8 Å². The number of nitrogens with one attached hydrogen (secondary N) is 1. The van der Waals surface area contributed by atoms with Gasteiger partial charge in [0.05, 0.1) is 5.41 Å². The van der Waals surface area contributed by atoms with E-state index < -0.39 is 17.4 Å². The summed E-state index contributed by atoms with van der Waals surface area (Å²) in [4.78, 5) is 24.6. The Kier molecular flexibility index (Phi) is 5.39. The van der Waals surface area contributed by atoms with Crippen LogP contribution >= 0.6 is 0 Å². The number of terminal acetylenes is 1. The number of rotatable bonds is 6. The maximum Gasteiger partial charge on any atom is 0.240 e. The molecule has 0 unspecified atom stereocenters. The number of carbonyl (C=O) groups is 2. The predicted octanol–water partition coefficient (Wildman–Crippen LogP) is 1.99. The highest BCUT2D eigenvalue weighted by Crippen LogP contribution is 2.32. The van der Waals surface area contributed by atoms with E-state index in [0.29, 0.717) is 0 Å². The average molecular weight is 320 g/mol. The molecule has 0 aliphatic rings. The molecule has 24 heavy (non-hydrogen) atoms. The third-order valence-electron chi connectivity index (χ3n) is 4.13. The van der Waals surface area contributed by atoms with Crippen molar-refractivity contribution in [2.45, 2.75) is 24.8 Å². The van der Waals surface area contributed by atoms with Gasteiger partial charge in [0, 0.05) is 6.42 Å². The van der Waals surface area contributed by atoms with E-state index in [0.717, 1.165) is 11.1 Å². The molecule has 2 rings (SSSR count). The van der Waals surface area contributed by atoms with Crippen LogP contribution in [0.25, 0.3) is 0 Å². The highest BCUT2D eigenvalue weighted by molar-refractivity contribution is 5.95. The van der Waals surface area contributed by atoms with Crippen LogP contribution in [0.3, 0.4) is 0 Å². The summed E-state index contributed by atoms with van der Waals surface area (Å²) >= 11 is 0. The van der Waals surface area contributed by atoms with E-state index in [1.54, 1.807) is 0 Å². The minimum Gasteiger partial charge on any atom is -0.368 e. The number of hydrogen-bond donors (Lipinski definition) is 2. The van der Waals surface area contributed by atoms with E-state index in [2.05, 4.69) is 11.2 Å². The highest BCUT2D eigenvalue weighted by atomic mass is 16.2. The van der Waals surface area contributed by atoms with Gasteiger partial charge in [-0.05, 0) is 18.1 Å². The van der Waals surface area contributed by atoms with E-state index in [9.17, 15) is 9.59 Å². The molecule has 0 saturated carbocycles. The Morgan fingerprint density at radius 3 is 1.92 bits per heavy atom. The van der Waals surface area contributed by atoms with Gasteiger partial charge in [-0.1, -0.05) is 60.7 Å². The first-order chi connectivity index (χ1) is 11.5. The van der Waals surface area contributed by atoms with Crippen LogP contribution in [-0.2, 0) is 15.0 Å². The third kappa shape index (κ3) is 3.47. The van der Waals surface area contributed by atoms with Crippen molar-refractivity contribution in [3.05, 3.63) is 71.8 Å². The largest absolute Gasteiger partial charge is 0.368 e. The Morgan fingerprint density at radius 2 is 1.54 bits per heavy atom. The van der Waals surface area contributed by atoms with Crippen LogP contribution in [0, 0.1) is 12.3 Å². The van der Waals surface area contributed by atoms with Crippen LogP contribution in [-0.4, -0.2) is 17.9 Å². The van der Waals surface area contributed by atoms with Crippen LogP contribution < -0.4 is 11.1 Å². The molecule has 2 amide bonds. The van der Waals surface area contributed by atoms with Gasteiger partial charge in [0.25, 0.3) is 0 Å². The molecule has 1 atom stereocenters. The first-order valence-corrected chi connectivity index (χ1v) is 7.65. The maximum absolute atomic E-state index is 13.1. The van der Waals surface area contributed by atoms with Crippen LogP contribution in [0.2, 0.25) is 0 Å². The quantitative estimate of drug-likeness (QED) is 0.799. The van der Waals surface area contributed by atoms with E-state index in [4.69, 9.17) is 12.2 Å². The SMILES string of the molecule is C#CC[C@@H](NC(=O)C(C)(c1ccccc1)c1ccccc1)C(N)=O. The Bertz CT molecular complexity index is 709. The van der Waals surface area contributed by atoms with Gasteiger partial charge < -0.3 is 11.1 Å². The van der Waals surface area contributed by atoms with Gasteiger partial charge >= 0.3 is 0 Å². The molecule has 2 aromatic carbocycles. The molecule has 0 aliphatic carbocycles. The zero-order valence-electron chi connectivity index (χ0n) is 13.5. The number of benzene rings is 2. The van der Waals surface area contributed by atoms with Crippen molar-refractivity contribution in [1.82, 2.24) is 5.32 Å². The van der Waals surface area contributed by atoms with Crippen molar-refractivity contribution >= 4 is 11.8 Å². The molecule has 122 valence electrons. The fourth-order valence-corrected chi connectivity index (χ4v) is 2.62. The monoisotopic (exact) mass is 320 g/mol. The van der Waals surface area contributed by atoms with Gasteiger partial charge in [0.15, 0.2) is 0 Å². The normalized spacial score (nSPS) is 12.0. The lowest BCUT2D eigenvalue weighted by Gasteiger charge is -2.31. The summed E-state index contributed by atoms with van der Waals surface area (Å²) in [6.07, 6.45) is 5.32. The van der Waals surface area contributed by atoms with Crippen LogP contribution in [0.4, 0.5) is 0 Å². The lowest BCUT2D eigenvalue weighted by atomic mass is 9.75. The van der Waals surface area contributed by atoms with Gasteiger partial charge in [-0.3, -0.25) is 9.59 Å². The fourth-order valence-electron chi connectivity index (χ4n) is 2.62. The summed E-state index contributed by atoms with van der Waals surface area (Å²) in [6.45, 7) is 1.82. The molecule has 0 aliphatic heterocycles. The molecular weight excluding hydrogens is 300 g/mol. The van der Waals surface area contributed by atoms with Crippen LogP contribution in [0.5, 0.6) is 0 Å². The van der Waals surface area contributed by atoms with E-state index in [-0.39, 0.29) is 12.3 Å². The van der Waals surface area contributed by atoms with Crippen molar-refractivity contribution in [2.24, 2.45) is 5.73 Å². The molecule has 2 aromatic rings. The van der Waals surface area contributed by atoms with Crippen molar-refractivity contribution in [3.63, 3.8) is 0 Å². The minimum atomic E-state index is -0.967. The Labute approximate surface area is 142 Å². The Hall–Kier alpha value is -3.06. The zero-order valence-corrected chi connectivity index (χ0v) is 13.5. The first-order valence-electron chi connectivity index (χ1n) is 7.65. The van der Waals surface area contributed by atoms with Crippen molar-refractivity contribution in [3.8, 4) is 12.3 Å². The summed E-state index contributed by atoms with van der Waals surface area (Å²) in [7, 11) is 0. The van der Waals surface area contributed by atoms with E-state index >= 15 is 0 Å². The molecule has 0 fully saturated rings. The van der Waals surface area contributed by atoms with E-state index in [1.165, 1.54) is 0 Å². The molecule has 0 spiro atoms. The van der Waals surface area contributed by atoms with Crippen molar-refractivity contribution in [1.29, 1.82) is 0 Å². The standard InChI is InChI=1S/C20H20N2O2/c1-3-10-17(18(21)23)22-19(24)20(2,15-11-6-4-7-12-15)16-13-8-5-9-14-16/h1,4-9,11-14,17H,10H2,2H3,(H2,21,23)(H,22,24)/t17-/m1/s1. The molecule has 4 nitrogen and oxygen atoms in total. The fraction of sp³-hybridized carbons (Fsp3) is 0.200. The number of nitrogens with two attached hydrogens (primary N) is 1. The Balaban J connectivity index is 2.46. The predicted molar refractivity (Wildman–Crippen MR) is 93.9 cm³/mol. The molecule has 0 radical (unpaired) electrons. The molecular formula is C20H20N2O2. The molecule has 0 bridgehead atoms. The van der Waals surface area contributed by atoms with Gasteiger partial charge in [-0.25, -0.2) is 0 Å². The lowest BCUT2D eigenvalue weighted by Crippen LogP contribution is -2.51. The minimum absolute atomic E-state index is 0.0563. The third-order valence-corrected chi connectivity index (χ3v) is 4.13. The second kappa shape index (κ2) is 7.47. The average Bonchev–Trinajstić information content (AvgIpc) is 2.62. The number of carbonyl (C=O) groups excluding carboxylic acids is 2. The van der Waals surface area contributed by atoms with Gasteiger partial charge in [0.1, 0.15) is 6.04 Å². The van der Waals surface area contributed by atoms with E-state index in [1.807, 2.05) is 67.6 Å². The van der Waals surface area contributed by atoms with Crippen molar-refractivity contribution < 1.29 is 9.59 Å². The summed E-state index contributed by atoms with van der Waals surface area (Å²) in [5.41, 5.74) is 6.01. The molecule has 4 heteroatoms. The topological polar surface area (TPSA) is 72.2 Å². The number of primary amides is 1. The molecule has 0 saturated heterocycles. The second-order valence-electron chi connectivity index (χ2n) is 5.69. The molecule has 0 aromatic heterocycles. The lowest BCUT2D eigenvalue weighted by molar-refractivity contribution is -0.129. The summed E-state index contributed by atoms with van der Waals surface area (Å²) in [6, 6.07) is 17.9. The molecule has 3 N–H and O–H groups in total. The Morgan fingerprint density at radius 1 is 1.08 bits per heavy atom. The highest BCUT2D eigenvalue weighted by Gasteiger charge is 2.38. The summed E-state index contributed by atoms with van der Waals surface area (Å²) < 4.78 is 0. The first kappa shape index (κ1) is 17.3. The van der Waals surface area contributed by atoms with Crippen LogP contribution in [0.1, 0.15) is 24.5 Å². The molecule has 0 heterocycles. The smallest absolute Gasteiger partial charge is 0.240 e. The van der Waals surface area contributed by atoms with Crippen molar-refractivity contribution in [2.75, 3.05) is 0 Å². The number of amides is 2. The summed E-state index contributed by atoms with van der Waals surface area (Å²) in [5.74, 6) is 1.40. The van der Waals surface area contributed by atoms with Crippen LogP contribution in [0.15, 0.2) is 60.7 Å².